The standard InChI is InChI=1S/C27H44FO4P/c1-17(2)21-13-11-19(5)15-25(21)31-33(30,27(29)23-9-7-8-10-24(23)28)32-26-16-20(6)12-14-22(26)18(3)4/h7-10,17-22,25-27,29H,11-16H2,1-6H3/t19-,20-,21-,22-,25-,26-,27-/m1/s1. The molecule has 0 radical (unpaired) electrons. The molecular formula is C27H44FO4P. The van der Waals surface area contributed by atoms with Gasteiger partial charge in [0.2, 0.25) is 0 Å². The fourth-order valence-electron chi connectivity index (χ4n) is 5.84. The minimum atomic E-state index is -4.09. The highest BCUT2D eigenvalue weighted by Gasteiger charge is 2.47. The van der Waals surface area contributed by atoms with Crippen molar-refractivity contribution >= 4 is 7.60 Å². The van der Waals surface area contributed by atoms with Gasteiger partial charge in [-0.25, -0.2) is 4.39 Å². The maximum absolute atomic E-state index is 14.7. The molecule has 0 saturated heterocycles. The average Bonchev–Trinajstić information content (AvgIpc) is 2.73. The summed E-state index contributed by atoms with van der Waals surface area (Å²) < 4.78 is 41.9. The molecule has 2 aliphatic rings. The highest BCUT2D eigenvalue weighted by atomic mass is 31.2. The van der Waals surface area contributed by atoms with Crippen LogP contribution >= 0.6 is 7.60 Å². The van der Waals surface area contributed by atoms with Crippen molar-refractivity contribution in [1.29, 1.82) is 0 Å². The lowest BCUT2D eigenvalue weighted by Gasteiger charge is -2.42. The van der Waals surface area contributed by atoms with Gasteiger partial charge < -0.3 is 14.2 Å². The van der Waals surface area contributed by atoms with E-state index < -0.39 is 19.3 Å². The third-order valence-corrected chi connectivity index (χ3v) is 9.98. The molecule has 4 nitrogen and oxygen atoms in total. The molecule has 0 bridgehead atoms. The summed E-state index contributed by atoms with van der Waals surface area (Å²) in [4.78, 5) is 0. The zero-order valence-electron chi connectivity index (χ0n) is 21.2. The van der Waals surface area contributed by atoms with Crippen LogP contribution < -0.4 is 0 Å². The summed E-state index contributed by atoms with van der Waals surface area (Å²) in [7, 11) is -4.09. The predicted octanol–water partition coefficient (Wildman–Crippen LogP) is 7.96. The number of halogens is 1. The van der Waals surface area contributed by atoms with Crippen LogP contribution in [0.5, 0.6) is 0 Å². The van der Waals surface area contributed by atoms with Gasteiger partial charge in [-0.05, 0) is 67.3 Å². The molecule has 0 heterocycles. The van der Waals surface area contributed by atoms with Crippen molar-refractivity contribution in [3.05, 3.63) is 35.6 Å². The minimum Gasteiger partial charge on any atom is -0.376 e. The van der Waals surface area contributed by atoms with Crippen molar-refractivity contribution in [3.8, 4) is 0 Å². The Hall–Kier alpha value is -0.740. The molecule has 0 unspecified atom stereocenters. The summed E-state index contributed by atoms with van der Waals surface area (Å²) in [6.07, 6.45) is 5.20. The van der Waals surface area contributed by atoms with Gasteiger partial charge in [0.05, 0.1) is 12.2 Å². The molecule has 188 valence electrons. The quantitative estimate of drug-likeness (QED) is 0.382. The second kappa shape index (κ2) is 11.3. The molecule has 2 saturated carbocycles. The first-order chi connectivity index (χ1) is 15.5. The van der Waals surface area contributed by atoms with E-state index in [2.05, 4.69) is 41.5 Å². The molecule has 2 aliphatic carbocycles. The fourth-order valence-corrected chi connectivity index (χ4v) is 7.91. The molecule has 0 spiro atoms. The average molecular weight is 483 g/mol. The van der Waals surface area contributed by atoms with Gasteiger partial charge in [-0.1, -0.05) is 72.6 Å². The van der Waals surface area contributed by atoms with E-state index >= 15 is 0 Å². The first kappa shape index (κ1) is 26.9. The van der Waals surface area contributed by atoms with Crippen LogP contribution in [0.3, 0.4) is 0 Å². The zero-order valence-corrected chi connectivity index (χ0v) is 22.1. The minimum absolute atomic E-state index is 0.0178. The van der Waals surface area contributed by atoms with Crippen molar-refractivity contribution in [3.63, 3.8) is 0 Å². The summed E-state index contributed by atoms with van der Waals surface area (Å²) >= 11 is 0. The van der Waals surface area contributed by atoms with Gasteiger partial charge in [0.15, 0.2) is 5.85 Å². The van der Waals surface area contributed by atoms with Crippen molar-refractivity contribution in [1.82, 2.24) is 0 Å². The number of benzene rings is 1. The third kappa shape index (κ3) is 6.48. The summed E-state index contributed by atoms with van der Waals surface area (Å²) in [5.41, 5.74) is -0.0178. The van der Waals surface area contributed by atoms with Crippen molar-refractivity contribution in [2.45, 2.75) is 98.1 Å². The first-order valence-electron chi connectivity index (χ1n) is 12.9. The van der Waals surface area contributed by atoms with Crippen LogP contribution in [0.1, 0.15) is 91.5 Å². The van der Waals surface area contributed by atoms with E-state index in [4.69, 9.17) is 9.05 Å². The lowest BCUT2D eigenvalue weighted by molar-refractivity contribution is -0.0156. The Bertz CT molecular complexity index is 775. The Labute approximate surface area is 200 Å². The Morgan fingerprint density at radius 2 is 1.33 bits per heavy atom. The van der Waals surface area contributed by atoms with E-state index in [1.807, 2.05) is 0 Å². The van der Waals surface area contributed by atoms with E-state index in [0.29, 0.717) is 23.7 Å². The van der Waals surface area contributed by atoms with Crippen LogP contribution in [0.2, 0.25) is 0 Å². The summed E-state index contributed by atoms with van der Waals surface area (Å²) in [5, 5.41) is 11.3. The van der Waals surface area contributed by atoms with Crippen LogP contribution in [0.4, 0.5) is 4.39 Å². The van der Waals surface area contributed by atoms with E-state index in [-0.39, 0.29) is 29.6 Å². The Morgan fingerprint density at radius 3 is 1.76 bits per heavy atom. The second-order valence-electron chi connectivity index (χ2n) is 11.4. The fraction of sp³-hybridized carbons (Fsp3) is 0.778. The number of aliphatic hydroxyl groups excluding tert-OH is 1. The monoisotopic (exact) mass is 482 g/mol. The summed E-state index contributed by atoms with van der Waals surface area (Å²) in [6, 6.07) is 5.97. The predicted molar refractivity (Wildman–Crippen MR) is 131 cm³/mol. The van der Waals surface area contributed by atoms with Crippen LogP contribution in [0.25, 0.3) is 0 Å². The largest absolute Gasteiger partial charge is 0.376 e. The molecule has 3 rings (SSSR count). The van der Waals surface area contributed by atoms with Crippen molar-refractivity contribution < 1.29 is 23.1 Å². The summed E-state index contributed by atoms with van der Waals surface area (Å²) in [6.45, 7) is 13.0. The van der Waals surface area contributed by atoms with E-state index in [1.54, 1.807) is 12.1 Å². The number of hydrogen-bond acceptors (Lipinski definition) is 4. The number of rotatable bonds is 8. The Balaban J connectivity index is 1.96. The van der Waals surface area contributed by atoms with Crippen molar-refractivity contribution in [2.75, 3.05) is 0 Å². The molecule has 33 heavy (non-hydrogen) atoms. The second-order valence-corrected chi connectivity index (χ2v) is 13.4. The molecule has 0 aromatic heterocycles. The molecule has 0 amide bonds. The molecule has 1 aromatic carbocycles. The van der Waals surface area contributed by atoms with Gasteiger partial charge in [0.25, 0.3) is 0 Å². The summed E-state index contributed by atoms with van der Waals surface area (Å²) in [5.74, 6) is -0.154. The Kier molecular flexibility index (Phi) is 9.22. The topological polar surface area (TPSA) is 55.8 Å². The number of aliphatic hydroxyl groups is 1. The van der Waals surface area contributed by atoms with Gasteiger partial charge in [-0.15, -0.1) is 0 Å². The van der Waals surface area contributed by atoms with Gasteiger partial charge in [-0.3, -0.25) is 4.57 Å². The zero-order chi connectivity index (χ0) is 24.3. The third-order valence-electron chi connectivity index (χ3n) is 7.97. The smallest absolute Gasteiger partial charge is 0.364 e. The van der Waals surface area contributed by atoms with Crippen LogP contribution in [-0.2, 0) is 13.6 Å². The SMILES string of the molecule is CC(C)[C@H]1CC[C@@H](C)C[C@H]1OP(=O)(O[C@@H]1C[C@H](C)CC[C@@H]1C(C)C)[C@@H](O)c1ccccc1F. The van der Waals surface area contributed by atoms with Gasteiger partial charge >= 0.3 is 7.60 Å². The normalized spacial score (nSPS) is 32.3. The van der Waals surface area contributed by atoms with E-state index in [0.717, 1.165) is 38.5 Å². The highest BCUT2D eigenvalue weighted by molar-refractivity contribution is 7.54. The highest BCUT2D eigenvalue weighted by Crippen LogP contribution is 2.64. The Morgan fingerprint density at radius 1 is 0.879 bits per heavy atom. The number of hydrogen-bond donors (Lipinski definition) is 1. The molecule has 0 aliphatic heterocycles. The van der Waals surface area contributed by atoms with Gasteiger partial charge in [0, 0.05) is 5.56 Å². The van der Waals surface area contributed by atoms with Crippen LogP contribution in [0, 0.1) is 41.3 Å². The van der Waals surface area contributed by atoms with Crippen LogP contribution in [0.15, 0.2) is 24.3 Å². The first-order valence-corrected chi connectivity index (χ1v) is 14.5. The lowest BCUT2D eigenvalue weighted by atomic mass is 9.75. The van der Waals surface area contributed by atoms with Crippen molar-refractivity contribution in [2.24, 2.45) is 35.5 Å². The van der Waals surface area contributed by atoms with Crippen LogP contribution in [-0.4, -0.2) is 17.3 Å². The van der Waals surface area contributed by atoms with Gasteiger partial charge in [-0.2, -0.15) is 0 Å². The molecule has 7 atom stereocenters. The maximum atomic E-state index is 14.7. The van der Waals surface area contributed by atoms with Gasteiger partial charge in [0.1, 0.15) is 5.82 Å². The molecular weight excluding hydrogens is 438 g/mol. The molecule has 2 fully saturated rings. The molecule has 6 heteroatoms. The van der Waals surface area contributed by atoms with E-state index in [9.17, 15) is 14.1 Å². The lowest BCUT2D eigenvalue weighted by Crippen LogP contribution is -2.37. The molecule has 1 N–H and O–H groups in total. The maximum Gasteiger partial charge on any atom is 0.364 e. The van der Waals surface area contributed by atoms with E-state index in [1.165, 1.54) is 12.1 Å². The molecule has 1 aromatic rings.